The van der Waals surface area contributed by atoms with Gasteiger partial charge in [0.25, 0.3) is 0 Å². The normalized spacial score (nSPS) is 10.1. The molecule has 0 saturated heterocycles. The van der Waals surface area contributed by atoms with E-state index in [2.05, 4.69) is 30.8 Å². The molecule has 0 saturated carbocycles. The van der Waals surface area contributed by atoms with Gasteiger partial charge >= 0.3 is 5.97 Å². The summed E-state index contributed by atoms with van der Waals surface area (Å²) in [5.74, 6) is -0.369. The van der Waals surface area contributed by atoms with Crippen molar-refractivity contribution in [3.05, 3.63) is 60.7 Å². The summed E-state index contributed by atoms with van der Waals surface area (Å²) >= 11 is 0. The topological polar surface area (TPSA) is 26.3 Å². The first-order valence-electron chi connectivity index (χ1n) is 5.57. The molecule has 2 heteroatoms. The molecule has 0 amide bonds. The van der Waals surface area contributed by atoms with Crippen LogP contribution in [0.25, 0.3) is 11.1 Å². The van der Waals surface area contributed by atoms with Crippen molar-refractivity contribution in [2.75, 3.05) is 6.61 Å². The average molecular weight is 226 g/mol. The lowest BCUT2D eigenvalue weighted by Gasteiger charge is -2.02. The highest BCUT2D eigenvalue weighted by Crippen LogP contribution is 2.26. The molecule has 2 aliphatic rings. The van der Waals surface area contributed by atoms with Gasteiger partial charge in [-0.1, -0.05) is 49.0 Å². The lowest BCUT2D eigenvalue weighted by molar-refractivity contribution is -0.137. The van der Waals surface area contributed by atoms with E-state index in [1.54, 1.807) is 0 Å². The van der Waals surface area contributed by atoms with Crippen molar-refractivity contribution in [2.24, 2.45) is 0 Å². The first-order valence-corrected chi connectivity index (χ1v) is 5.57. The molecule has 0 spiro atoms. The van der Waals surface area contributed by atoms with E-state index in [0.717, 1.165) is 6.42 Å². The van der Waals surface area contributed by atoms with Crippen molar-refractivity contribution < 1.29 is 9.53 Å². The van der Waals surface area contributed by atoms with Gasteiger partial charge in [0.15, 0.2) is 0 Å². The predicted octanol–water partition coefficient (Wildman–Crippen LogP) is 3.06. The van der Waals surface area contributed by atoms with Crippen LogP contribution in [-0.4, -0.2) is 12.6 Å². The monoisotopic (exact) mass is 226 g/mol. The first kappa shape index (κ1) is 11.4. The standard InChI is InChI=1S/C15H14O2/c1-2-15(16)17-11-10-13-9-8-12-6-4-3-5-7-14(12)13/h2-9H,1,10-11H2. The maximum absolute atomic E-state index is 10.9. The third kappa shape index (κ3) is 2.72. The zero-order valence-electron chi connectivity index (χ0n) is 9.56. The van der Waals surface area contributed by atoms with Gasteiger partial charge in [-0.2, -0.15) is 0 Å². The number of rotatable bonds is 4. The minimum Gasteiger partial charge on any atom is -0.462 e. The molecule has 0 heterocycles. The van der Waals surface area contributed by atoms with Gasteiger partial charge in [-0.05, 0) is 16.7 Å². The van der Waals surface area contributed by atoms with E-state index in [1.165, 1.54) is 22.8 Å². The molecule has 2 aliphatic carbocycles. The number of carbonyl (C=O) groups is 1. The molecule has 86 valence electrons. The van der Waals surface area contributed by atoms with E-state index in [-0.39, 0.29) is 5.97 Å². The highest BCUT2D eigenvalue weighted by molar-refractivity contribution is 5.81. The highest BCUT2D eigenvalue weighted by atomic mass is 16.5. The fourth-order valence-corrected chi connectivity index (χ4v) is 1.82. The lowest BCUT2D eigenvalue weighted by Crippen LogP contribution is -2.04. The Morgan fingerprint density at radius 1 is 1.18 bits per heavy atom. The van der Waals surface area contributed by atoms with Crippen LogP contribution in [-0.2, 0) is 16.0 Å². The molecule has 0 aromatic rings. The lowest BCUT2D eigenvalue weighted by atomic mass is 10.1. The molecular weight excluding hydrogens is 212 g/mol. The number of fused-ring (bicyclic) bond motifs is 1. The molecule has 17 heavy (non-hydrogen) atoms. The minimum atomic E-state index is -0.369. The molecule has 0 aliphatic heterocycles. The average Bonchev–Trinajstić information content (AvgIpc) is 2.59. The fraction of sp³-hybridized carbons (Fsp3) is 0.133. The SMILES string of the molecule is C=CC(=O)OCCc1ccc2cccccc1-2. The third-order valence-electron chi connectivity index (χ3n) is 2.66. The molecule has 0 fully saturated rings. The Labute approximate surface area is 101 Å². The van der Waals surface area contributed by atoms with Crippen LogP contribution in [0.4, 0.5) is 0 Å². The molecular formula is C15H14O2. The second kappa shape index (κ2) is 5.30. The number of esters is 1. The summed E-state index contributed by atoms with van der Waals surface area (Å²) in [4.78, 5) is 10.9. The van der Waals surface area contributed by atoms with Crippen molar-refractivity contribution in [3.63, 3.8) is 0 Å². The molecule has 0 radical (unpaired) electrons. The largest absolute Gasteiger partial charge is 0.462 e. The Morgan fingerprint density at radius 3 is 2.82 bits per heavy atom. The van der Waals surface area contributed by atoms with E-state index in [0.29, 0.717) is 6.61 Å². The maximum atomic E-state index is 10.9. The van der Waals surface area contributed by atoms with Gasteiger partial charge in [0, 0.05) is 12.5 Å². The minimum absolute atomic E-state index is 0.369. The summed E-state index contributed by atoms with van der Waals surface area (Å²) in [5, 5.41) is 0. The van der Waals surface area contributed by atoms with Crippen molar-refractivity contribution in [1.82, 2.24) is 0 Å². The highest BCUT2D eigenvalue weighted by Gasteiger charge is 2.07. The Kier molecular flexibility index (Phi) is 3.55. The molecule has 0 bridgehead atoms. The van der Waals surface area contributed by atoms with Crippen LogP contribution in [0, 0.1) is 0 Å². The Balaban J connectivity index is 2.06. The molecule has 2 nitrogen and oxygen atoms in total. The van der Waals surface area contributed by atoms with Crippen LogP contribution >= 0.6 is 0 Å². The first-order chi connectivity index (χ1) is 8.31. The van der Waals surface area contributed by atoms with E-state index in [9.17, 15) is 4.79 Å². The summed E-state index contributed by atoms with van der Waals surface area (Å²) in [7, 11) is 0. The summed E-state index contributed by atoms with van der Waals surface area (Å²) in [6.45, 7) is 3.75. The molecule has 0 N–H and O–H groups in total. The smallest absolute Gasteiger partial charge is 0.330 e. The third-order valence-corrected chi connectivity index (χ3v) is 2.66. The summed E-state index contributed by atoms with van der Waals surface area (Å²) in [5.41, 5.74) is 3.62. The van der Waals surface area contributed by atoms with Crippen molar-refractivity contribution >= 4 is 5.97 Å². The van der Waals surface area contributed by atoms with Gasteiger partial charge in [-0.3, -0.25) is 0 Å². The molecule has 0 aromatic heterocycles. The Morgan fingerprint density at radius 2 is 2.00 bits per heavy atom. The van der Waals surface area contributed by atoms with Crippen LogP contribution in [0.3, 0.4) is 0 Å². The van der Waals surface area contributed by atoms with E-state index in [1.807, 2.05) is 18.2 Å². The second-order valence-corrected chi connectivity index (χ2v) is 3.76. The fourth-order valence-electron chi connectivity index (χ4n) is 1.82. The summed E-state index contributed by atoms with van der Waals surface area (Å²) in [6.07, 6.45) is 1.91. The number of hydrogen-bond donors (Lipinski definition) is 0. The molecule has 0 atom stereocenters. The van der Waals surface area contributed by atoms with Crippen LogP contribution in [0.1, 0.15) is 5.56 Å². The van der Waals surface area contributed by atoms with Crippen molar-refractivity contribution in [1.29, 1.82) is 0 Å². The van der Waals surface area contributed by atoms with Crippen molar-refractivity contribution in [2.45, 2.75) is 6.42 Å². The van der Waals surface area contributed by atoms with E-state index < -0.39 is 0 Å². The van der Waals surface area contributed by atoms with Gasteiger partial charge in [0.05, 0.1) is 6.61 Å². The van der Waals surface area contributed by atoms with Crippen molar-refractivity contribution in [3.8, 4) is 11.1 Å². The molecule has 0 aromatic carbocycles. The van der Waals surface area contributed by atoms with Crippen LogP contribution in [0.15, 0.2) is 55.1 Å². The quantitative estimate of drug-likeness (QED) is 0.591. The van der Waals surface area contributed by atoms with Gasteiger partial charge in [0.2, 0.25) is 0 Å². The summed E-state index contributed by atoms with van der Waals surface area (Å²) in [6, 6.07) is 14.4. The van der Waals surface area contributed by atoms with Crippen LogP contribution < -0.4 is 0 Å². The van der Waals surface area contributed by atoms with Crippen LogP contribution in [0.5, 0.6) is 0 Å². The zero-order valence-corrected chi connectivity index (χ0v) is 9.56. The van der Waals surface area contributed by atoms with Gasteiger partial charge in [0.1, 0.15) is 0 Å². The second-order valence-electron chi connectivity index (χ2n) is 3.76. The van der Waals surface area contributed by atoms with Crippen LogP contribution in [0.2, 0.25) is 0 Å². The summed E-state index contributed by atoms with van der Waals surface area (Å²) < 4.78 is 4.98. The number of ether oxygens (including phenoxy) is 1. The van der Waals surface area contributed by atoms with E-state index >= 15 is 0 Å². The Bertz CT molecular complexity index is 502. The van der Waals surface area contributed by atoms with Gasteiger partial charge < -0.3 is 4.74 Å². The van der Waals surface area contributed by atoms with Gasteiger partial charge in [-0.25, -0.2) is 4.79 Å². The zero-order chi connectivity index (χ0) is 12.1. The predicted molar refractivity (Wildman–Crippen MR) is 67.9 cm³/mol. The number of carbonyl (C=O) groups excluding carboxylic acids is 1. The Hall–Kier alpha value is -2.09. The molecule has 2 rings (SSSR count). The van der Waals surface area contributed by atoms with E-state index in [4.69, 9.17) is 4.74 Å². The molecule has 0 unspecified atom stereocenters. The van der Waals surface area contributed by atoms with Gasteiger partial charge in [-0.15, -0.1) is 0 Å². The number of hydrogen-bond acceptors (Lipinski definition) is 2. The maximum Gasteiger partial charge on any atom is 0.330 e.